The van der Waals surface area contributed by atoms with Gasteiger partial charge in [0.1, 0.15) is 17.4 Å². The van der Waals surface area contributed by atoms with E-state index >= 15 is 0 Å². The number of rotatable bonds is 7. The number of aromatic nitrogens is 2. The Labute approximate surface area is 130 Å². The maximum Gasteiger partial charge on any atom is 0.124 e. The highest BCUT2D eigenvalue weighted by Crippen LogP contribution is 2.21. The normalized spacial score (nSPS) is 11.2. The van der Waals surface area contributed by atoms with Crippen LogP contribution in [0, 0.1) is 11.3 Å². The summed E-state index contributed by atoms with van der Waals surface area (Å²) in [6.45, 7) is 5.69. The zero-order chi connectivity index (χ0) is 15.2. The number of ether oxygens (including phenoxy) is 1. The monoisotopic (exact) mass is 305 g/mol. The second-order valence-electron chi connectivity index (χ2n) is 5.23. The fourth-order valence-corrected chi connectivity index (χ4v) is 2.53. The number of fused-ring (bicyclic) bond motifs is 1. The minimum atomic E-state index is 0.274. The first-order valence-electron chi connectivity index (χ1n) is 7.23. The van der Waals surface area contributed by atoms with Crippen molar-refractivity contribution in [1.82, 2.24) is 9.55 Å². The predicted molar refractivity (Wildman–Crippen MR) is 84.3 cm³/mol. The number of alkyl halides is 1. The first kappa shape index (κ1) is 15.8. The lowest BCUT2D eigenvalue weighted by atomic mass is 10.2. The molecule has 0 radical (unpaired) electrons. The highest BCUT2D eigenvalue weighted by atomic mass is 35.5. The summed E-state index contributed by atoms with van der Waals surface area (Å²) in [5, 5.41) is 9.16. The lowest BCUT2D eigenvalue weighted by molar-refractivity contribution is 0.0754. The maximum atomic E-state index is 9.16. The van der Waals surface area contributed by atoms with Crippen LogP contribution in [0.4, 0.5) is 0 Å². The van der Waals surface area contributed by atoms with Crippen LogP contribution in [-0.4, -0.2) is 22.3 Å². The lowest BCUT2D eigenvalue weighted by Gasteiger charge is -2.09. The molecule has 1 heterocycles. The fraction of sp³-hybridized carbons (Fsp3) is 0.500. The van der Waals surface area contributed by atoms with Crippen molar-refractivity contribution in [2.75, 3.05) is 6.61 Å². The van der Waals surface area contributed by atoms with Crippen molar-refractivity contribution < 1.29 is 4.74 Å². The summed E-state index contributed by atoms with van der Waals surface area (Å²) >= 11 is 5.99. The Bertz CT molecular complexity index is 643. The van der Waals surface area contributed by atoms with E-state index in [0.717, 1.165) is 42.9 Å². The van der Waals surface area contributed by atoms with Gasteiger partial charge in [0.2, 0.25) is 0 Å². The van der Waals surface area contributed by atoms with Gasteiger partial charge in [-0.3, -0.25) is 0 Å². The van der Waals surface area contributed by atoms with Gasteiger partial charge in [0, 0.05) is 13.2 Å². The smallest absolute Gasteiger partial charge is 0.124 e. The van der Waals surface area contributed by atoms with Crippen LogP contribution in [0.25, 0.3) is 11.0 Å². The van der Waals surface area contributed by atoms with Crippen molar-refractivity contribution in [3.8, 4) is 6.07 Å². The second-order valence-corrected chi connectivity index (χ2v) is 5.49. The first-order chi connectivity index (χ1) is 10.2. The Morgan fingerprint density at radius 1 is 1.38 bits per heavy atom. The van der Waals surface area contributed by atoms with Gasteiger partial charge in [-0.25, -0.2) is 4.98 Å². The van der Waals surface area contributed by atoms with Gasteiger partial charge >= 0.3 is 0 Å². The Morgan fingerprint density at radius 3 is 2.86 bits per heavy atom. The number of aryl methyl sites for hydroxylation is 1. The molecule has 0 spiro atoms. The Hall–Kier alpha value is -1.57. The molecule has 0 N–H and O–H groups in total. The summed E-state index contributed by atoms with van der Waals surface area (Å²) < 4.78 is 7.66. The molecule has 5 heteroatoms. The summed E-state index contributed by atoms with van der Waals surface area (Å²) in [5.74, 6) is 1.17. The third-order valence-corrected chi connectivity index (χ3v) is 3.56. The predicted octanol–water partition coefficient (Wildman–Crippen LogP) is 3.85. The van der Waals surface area contributed by atoms with Gasteiger partial charge in [-0.15, -0.1) is 11.6 Å². The summed E-state index contributed by atoms with van der Waals surface area (Å²) in [6.07, 6.45) is 2.27. The first-order valence-corrected chi connectivity index (χ1v) is 7.76. The van der Waals surface area contributed by atoms with Crippen molar-refractivity contribution in [2.24, 2.45) is 0 Å². The molecule has 1 aromatic carbocycles. The van der Waals surface area contributed by atoms with Crippen LogP contribution in [-0.2, 0) is 17.2 Å². The molecule has 4 nitrogen and oxygen atoms in total. The number of nitrogens with zero attached hydrogens (tertiary/aromatic N) is 3. The summed E-state index contributed by atoms with van der Waals surface area (Å²) in [5.41, 5.74) is 2.32. The van der Waals surface area contributed by atoms with Crippen LogP contribution in [0.1, 0.15) is 38.1 Å². The Kier molecular flexibility index (Phi) is 5.60. The summed E-state index contributed by atoms with van der Waals surface area (Å²) in [7, 11) is 0. The number of hydrogen-bond acceptors (Lipinski definition) is 3. The zero-order valence-electron chi connectivity index (χ0n) is 12.5. The van der Waals surface area contributed by atoms with Gasteiger partial charge in [0.05, 0.1) is 23.1 Å². The van der Waals surface area contributed by atoms with Crippen LogP contribution in [0.2, 0.25) is 0 Å². The van der Waals surface area contributed by atoms with Gasteiger partial charge in [0.25, 0.3) is 0 Å². The minimum absolute atomic E-state index is 0.274. The molecule has 0 aliphatic carbocycles. The molecule has 2 rings (SSSR count). The number of imidazole rings is 1. The largest absolute Gasteiger partial charge is 0.379 e. The average Bonchev–Trinajstić information content (AvgIpc) is 2.84. The van der Waals surface area contributed by atoms with E-state index in [9.17, 15) is 0 Å². The molecule has 1 aromatic heterocycles. The summed E-state index contributed by atoms with van der Waals surface area (Å²) in [4.78, 5) is 4.51. The molecule has 0 atom stereocenters. The minimum Gasteiger partial charge on any atom is -0.379 e. The standard InChI is InChI=1S/C16H20ClN3O/c1-12(2)21-9-4-3-8-20-14-7-5-6-13(11-18)16(14)19-15(20)10-17/h5-7,12H,3-4,8-10H2,1-2H3. The number of hydrogen-bond donors (Lipinski definition) is 0. The quantitative estimate of drug-likeness (QED) is 0.576. The van der Waals surface area contributed by atoms with Gasteiger partial charge in [-0.2, -0.15) is 5.26 Å². The Morgan fingerprint density at radius 2 is 2.19 bits per heavy atom. The zero-order valence-corrected chi connectivity index (χ0v) is 13.2. The highest BCUT2D eigenvalue weighted by Gasteiger charge is 2.12. The van der Waals surface area contributed by atoms with E-state index in [0.29, 0.717) is 11.4 Å². The SMILES string of the molecule is CC(C)OCCCCn1c(CCl)nc2c(C#N)cccc21. The molecule has 0 fully saturated rings. The van der Waals surface area contributed by atoms with Crippen LogP contribution in [0.15, 0.2) is 18.2 Å². The topological polar surface area (TPSA) is 50.8 Å². The molecular formula is C16H20ClN3O. The van der Waals surface area contributed by atoms with Gasteiger partial charge in [-0.1, -0.05) is 6.07 Å². The van der Waals surface area contributed by atoms with Gasteiger partial charge in [-0.05, 0) is 38.8 Å². The summed E-state index contributed by atoms with van der Waals surface area (Å²) in [6, 6.07) is 7.85. The van der Waals surface area contributed by atoms with E-state index in [1.165, 1.54) is 0 Å². The maximum absolute atomic E-state index is 9.16. The average molecular weight is 306 g/mol. The van der Waals surface area contributed by atoms with Crippen LogP contribution in [0.3, 0.4) is 0 Å². The number of benzene rings is 1. The fourth-order valence-electron chi connectivity index (χ4n) is 2.33. The van der Waals surface area contributed by atoms with Crippen LogP contribution < -0.4 is 0 Å². The molecule has 0 aliphatic heterocycles. The van der Waals surface area contributed by atoms with E-state index in [2.05, 4.69) is 15.6 Å². The number of nitriles is 1. The van der Waals surface area contributed by atoms with Crippen molar-refractivity contribution in [3.05, 3.63) is 29.6 Å². The van der Waals surface area contributed by atoms with Gasteiger partial charge < -0.3 is 9.30 Å². The van der Waals surface area contributed by atoms with E-state index < -0.39 is 0 Å². The molecule has 0 bridgehead atoms. The highest BCUT2D eigenvalue weighted by molar-refractivity contribution is 6.16. The molecular weight excluding hydrogens is 286 g/mol. The molecule has 112 valence electrons. The number of para-hydroxylation sites is 1. The van der Waals surface area contributed by atoms with E-state index in [1.807, 2.05) is 26.0 Å². The van der Waals surface area contributed by atoms with Gasteiger partial charge in [0.15, 0.2) is 0 Å². The van der Waals surface area contributed by atoms with Crippen molar-refractivity contribution in [2.45, 2.75) is 45.2 Å². The van der Waals surface area contributed by atoms with Crippen LogP contribution in [0.5, 0.6) is 0 Å². The second kappa shape index (κ2) is 7.44. The molecule has 0 saturated carbocycles. The molecule has 21 heavy (non-hydrogen) atoms. The lowest BCUT2D eigenvalue weighted by Crippen LogP contribution is -2.07. The molecule has 0 saturated heterocycles. The van der Waals surface area contributed by atoms with E-state index in [1.54, 1.807) is 6.07 Å². The van der Waals surface area contributed by atoms with Crippen molar-refractivity contribution in [3.63, 3.8) is 0 Å². The molecule has 0 amide bonds. The van der Waals surface area contributed by atoms with Crippen molar-refractivity contribution >= 4 is 22.6 Å². The van der Waals surface area contributed by atoms with E-state index in [-0.39, 0.29) is 6.10 Å². The Balaban J connectivity index is 2.13. The number of halogens is 1. The third kappa shape index (κ3) is 3.75. The number of unbranched alkanes of at least 4 members (excludes halogenated alkanes) is 1. The van der Waals surface area contributed by atoms with Crippen LogP contribution >= 0.6 is 11.6 Å². The molecule has 0 unspecified atom stereocenters. The van der Waals surface area contributed by atoms with Crippen molar-refractivity contribution in [1.29, 1.82) is 5.26 Å². The third-order valence-electron chi connectivity index (χ3n) is 3.33. The van der Waals surface area contributed by atoms with E-state index in [4.69, 9.17) is 21.6 Å². The molecule has 0 aliphatic rings. The molecule has 2 aromatic rings.